The number of alkyl halides is 3. The zero-order valence-electron chi connectivity index (χ0n) is 18.8. The van der Waals surface area contributed by atoms with E-state index in [1.807, 2.05) is 0 Å². The van der Waals surface area contributed by atoms with Gasteiger partial charge in [-0.1, -0.05) is 29.8 Å². The van der Waals surface area contributed by atoms with Crippen LogP contribution in [0.5, 0.6) is 5.75 Å². The molecule has 1 amide bonds. The second-order valence-electron chi connectivity index (χ2n) is 7.79. The second kappa shape index (κ2) is 9.99. The van der Waals surface area contributed by atoms with Crippen LogP contribution in [-0.4, -0.2) is 42.4 Å². The van der Waals surface area contributed by atoms with E-state index in [0.717, 1.165) is 42.5 Å². The number of ether oxygens (including phenoxy) is 1. The number of fused-ring (bicyclic) bond motifs is 1. The van der Waals surface area contributed by atoms with Crippen molar-refractivity contribution in [1.29, 1.82) is 0 Å². The number of allylic oxidation sites excluding steroid dienone is 1. The molecule has 0 fully saturated rings. The van der Waals surface area contributed by atoms with Crippen molar-refractivity contribution in [2.24, 2.45) is 0 Å². The smallest absolute Gasteiger partial charge is 0.505 e. The molecule has 3 aromatic carbocycles. The third-order valence-electron chi connectivity index (χ3n) is 5.22. The first kappa shape index (κ1) is 26.9. The number of Topliss-reactive ketones (excluding diaryl/α,β-unsaturated/α-hetero) is 1. The number of nitrogens with one attached hydrogen (secondary N) is 1. The summed E-state index contributed by atoms with van der Waals surface area (Å²) in [6.45, 7) is -1.05. The molecule has 1 aliphatic heterocycles. The number of halogens is 5. The zero-order chi connectivity index (χ0) is 27.8. The molecule has 198 valence electrons. The van der Waals surface area contributed by atoms with Crippen LogP contribution in [0.15, 0.2) is 77.3 Å². The number of carbonyl (C=O) groups excluding carboxylic acids is 2. The highest BCUT2D eigenvalue weighted by Gasteiger charge is 2.42. The predicted octanol–water partition coefficient (Wildman–Crippen LogP) is 5.13. The topological polar surface area (TPSA) is 113 Å². The Morgan fingerprint density at radius 1 is 1.05 bits per heavy atom. The Labute approximate surface area is 217 Å². The molecule has 0 saturated heterocycles. The Morgan fingerprint density at radius 3 is 2.45 bits per heavy atom. The fourth-order valence-electron chi connectivity index (χ4n) is 3.63. The number of aliphatic hydroxyl groups is 1. The Morgan fingerprint density at radius 2 is 1.76 bits per heavy atom. The normalized spacial score (nSPS) is 16.0. The van der Waals surface area contributed by atoms with Crippen LogP contribution in [0.25, 0.3) is 5.76 Å². The van der Waals surface area contributed by atoms with Crippen LogP contribution in [-0.2, 0) is 14.8 Å². The summed E-state index contributed by atoms with van der Waals surface area (Å²) in [4.78, 5) is 25.7. The van der Waals surface area contributed by atoms with Gasteiger partial charge in [-0.2, -0.15) is 0 Å². The molecular formula is C24H15ClF4N2O6S. The van der Waals surface area contributed by atoms with Gasteiger partial charge in [-0.05, 0) is 42.5 Å². The molecular weight excluding hydrogens is 556 g/mol. The van der Waals surface area contributed by atoms with Crippen molar-refractivity contribution in [1.82, 2.24) is 4.31 Å². The average Bonchev–Trinajstić information content (AvgIpc) is 2.83. The molecule has 0 radical (unpaired) electrons. The fourth-order valence-corrected chi connectivity index (χ4v) is 5.43. The molecule has 0 saturated carbocycles. The molecule has 0 atom stereocenters. The number of nitrogens with zero attached hydrogens (tertiary/aromatic N) is 1. The monoisotopic (exact) mass is 570 g/mol. The molecule has 4 rings (SSSR count). The first-order chi connectivity index (χ1) is 17.8. The predicted molar refractivity (Wildman–Crippen MR) is 127 cm³/mol. The molecule has 1 aliphatic rings. The first-order valence-electron chi connectivity index (χ1n) is 10.5. The van der Waals surface area contributed by atoms with Crippen molar-refractivity contribution >= 4 is 44.8 Å². The number of aliphatic hydroxyl groups excluding tert-OH is 1. The maximum Gasteiger partial charge on any atom is 0.573 e. The number of ketones is 1. The van der Waals surface area contributed by atoms with Gasteiger partial charge in [0.1, 0.15) is 23.8 Å². The average molecular weight is 571 g/mol. The van der Waals surface area contributed by atoms with Gasteiger partial charge in [0.05, 0.1) is 9.92 Å². The molecule has 0 spiro atoms. The van der Waals surface area contributed by atoms with Crippen molar-refractivity contribution < 1.29 is 45.4 Å². The van der Waals surface area contributed by atoms with Crippen molar-refractivity contribution in [3.63, 3.8) is 0 Å². The van der Waals surface area contributed by atoms with E-state index in [1.165, 1.54) is 24.3 Å². The third kappa shape index (κ3) is 5.43. The molecule has 14 heteroatoms. The van der Waals surface area contributed by atoms with Gasteiger partial charge >= 0.3 is 6.36 Å². The molecule has 2 N–H and O–H groups in total. The van der Waals surface area contributed by atoms with Crippen LogP contribution >= 0.6 is 11.6 Å². The van der Waals surface area contributed by atoms with Crippen molar-refractivity contribution in [2.75, 3.05) is 11.9 Å². The maximum absolute atomic E-state index is 13.6. The summed E-state index contributed by atoms with van der Waals surface area (Å²) in [7, 11) is -4.60. The minimum Gasteiger partial charge on any atom is -0.505 e. The summed E-state index contributed by atoms with van der Waals surface area (Å²) in [5.41, 5.74) is -1.47. The SMILES string of the molecule is O=C(CN1/C(=C(/O)c2ccc(F)c(Cl)c2)C(=O)c2ccccc2S1(=O)=O)Nc1cccc(OC(F)(F)F)c1. The number of sulfonamides is 1. The van der Waals surface area contributed by atoms with Crippen molar-refractivity contribution in [3.05, 3.63) is 94.4 Å². The van der Waals surface area contributed by atoms with E-state index in [2.05, 4.69) is 10.1 Å². The number of anilines is 1. The molecule has 0 aromatic heterocycles. The minimum absolute atomic E-state index is 0.169. The maximum atomic E-state index is 13.6. The van der Waals surface area contributed by atoms with E-state index in [9.17, 15) is 40.7 Å². The summed E-state index contributed by atoms with van der Waals surface area (Å²) in [5, 5.41) is 12.7. The summed E-state index contributed by atoms with van der Waals surface area (Å²) >= 11 is 5.76. The Kier molecular flexibility index (Phi) is 7.08. The van der Waals surface area contributed by atoms with E-state index < -0.39 is 67.6 Å². The van der Waals surface area contributed by atoms with Crippen LogP contribution in [0.1, 0.15) is 15.9 Å². The lowest BCUT2D eigenvalue weighted by atomic mass is 10.0. The molecule has 0 unspecified atom stereocenters. The van der Waals surface area contributed by atoms with Gasteiger partial charge in [0.25, 0.3) is 10.0 Å². The number of carbonyl (C=O) groups is 2. The highest BCUT2D eigenvalue weighted by Crippen LogP contribution is 2.36. The van der Waals surface area contributed by atoms with Gasteiger partial charge in [0, 0.05) is 22.9 Å². The minimum atomic E-state index is -4.99. The van der Waals surface area contributed by atoms with Gasteiger partial charge in [-0.15, -0.1) is 13.2 Å². The van der Waals surface area contributed by atoms with Crippen LogP contribution in [0.4, 0.5) is 23.2 Å². The van der Waals surface area contributed by atoms with E-state index in [0.29, 0.717) is 4.31 Å². The van der Waals surface area contributed by atoms with Gasteiger partial charge in [0.2, 0.25) is 11.7 Å². The molecule has 8 nitrogen and oxygen atoms in total. The molecule has 0 bridgehead atoms. The molecule has 3 aromatic rings. The van der Waals surface area contributed by atoms with Gasteiger partial charge in [-0.25, -0.2) is 17.1 Å². The Hall–Kier alpha value is -4.10. The second-order valence-corrected chi connectivity index (χ2v) is 10.0. The van der Waals surface area contributed by atoms with Gasteiger partial charge in [0.15, 0.2) is 5.76 Å². The van der Waals surface area contributed by atoms with E-state index >= 15 is 0 Å². The van der Waals surface area contributed by atoms with Crippen LogP contribution < -0.4 is 10.1 Å². The lowest BCUT2D eigenvalue weighted by Crippen LogP contribution is -2.43. The molecule has 0 aliphatic carbocycles. The summed E-state index contributed by atoms with van der Waals surface area (Å²) in [6.07, 6.45) is -4.99. The highest BCUT2D eigenvalue weighted by molar-refractivity contribution is 7.89. The van der Waals surface area contributed by atoms with E-state index in [4.69, 9.17) is 11.6 Å². The third-order valence-corrected chi connectivity index (χ3v) is 7.31. The lowest BCUT2D eigenvalue weighted by Gasteiger charge is -2.31. The Bertz CT molecular complexity index is 1590. The van der Waals surface area contributed by atoms with Crippen molar-refractivity contribution in [2.45, 2.75) is 11.3 Å². The Balaban J connectivity index is 1.75. The van der Waals surface area contributed by atoms with E-state index in [1.54, 1.807) is 0 Å². The van der Waals surface area contributed by atoms with E-state index in [-0.39, 0.29) is 16.8 Å². The number of hydrogen-bond donors (Lipinski definition) is 2. The summed E-state index contributed by atoms with van der Waals surface area (Å²) in [5.74, 6) is -4.40. The first-order valence-corrected chi connectivity index (χ1v) is 12.3. The van der Waals surface area contributed by atoms with Crippen molar-refractivity contribution in [3.8, 4) is 5.75 Å². The zero-order valence-corrected chi connectivity index (χ0v) is 20.4. The van der Waals surface area contributed by atoms with Gasteiger partial charge < -0.3 is 15.2 Å². The molecule has 1 heterocycles. The standard InChI is InChI=1S/C24H15ClF4N2O6S/c25-17-10-13(8-9-18(17)26)22(33)21-23(34)16-6-1-2-7-19(16)38(35,36)31(21)12-20(32)30-14-4-3-5-15(11-14)37-24(27,28)29/h1-11,33H,12H2,(H,30,32)/b22-21+. The quantitative estimate of drug-likeness (QED) is 0.250. The largest absolute Gasteiger partial charge is 0.573 e. The van der Waals surface area contributed by atoms with Gasteiger partial charge in [-0.3, -0.25) is 9.59 Å². The summed E-state index contributed by atoms with van der Waals surface area (Å²) in [6, 6.07) is 12.2. The molecule has 38 heavy (non-hydrogen) atoms. The number of benzene rings is 3. The van der Waals surface area contributed by atoms with Crippen LogP contribution in [0.3, 0.4) is 0 Å². The number of hydrogen-bond acceptors (Lipinski definition) is 6. The van der Waals surface area contributed by atoms with Crippen LogP contribution in [0, 0.1) is 5.82 Å². The van der Waals surface area contributed by atoms with Crippen LogP contribution in [0.2, 0.25) is 5.02 Å². The fraction of sp³-hybridized carbons (Fsp3) is 0.0833. The lowest BCUT2D eigenvalue weighted by molar-refractivity contribution is -0.274. The number of rotatable bonds is 5. The highest BCUT2D eigenvalue weighted by atomic mass is 35.5. The number of amides is 1. The summed E-state index contributed by atoms with van der Waals surface area (Å²) < 4.78 is 82.2.